The van der Waals surface area contributed by atoms with Gasteiger partial charge in [0.05, 0.1) is 25.7 Å². The van der Waals surface area contributed by atoms with Crippen LogP contribution in [0, 0.1) is 6.92 Å². The summed E-state index contributed by atoms with van der Waals surface area (Å²) in [5.41, 5.74) is 1.32. The summed E-state index contributed by atoms with van der Waals surface area (Å²) in [5, 5.41) is 4.04. The molecule has 33 heavy (non-hydrogen) atoms. The molecule has 1 heterocycles. The number of hydrogen-bond acceptors (Lipinski definition) is 5. The first kappa shape index (κ1) is 25.5. The zero-order chi connectivity index (χ0) is 24.3. The molecule has 1 aromatic heterocycles. The summed E-state index contributed by atoms with van der Waals surface area (Å²) in [4.78, 5) is 17.0. The molecule has 0 aliphatic rings. The van der Waals surface area contributed by atoms with Crippen LogP contribution in [0.3, 0.4) is 0 Å². The molecule has 0 fully saturated rings. The number of hydrogen-bond donors (Lipinski definition) is 1. The van der Waals surface area contributed by atoms with Gasteiger partial charge in [0.1, 0.15) is 5.52 Å². The van der Waals surface area contributed by atoms with Crippen molar-refractivity contribution in [2.75, 3.05) is 25.0 Å². The number of carbonyl (C=O) groups is 1. The Balaban J connectivity index is 1.82. The van der Waals surface area contributed by atoms with E-state index in [1.165, 1.54) is 28.6 Å². The molecular formula is C22H22Cl3N3O4S. The van der Waals surface area contributed by atoms with Crippen molar-refractivity contribution in [3.8, 4) is 5.75 Å². The van der Waals surface area contributed by atoms with E-state index in [0.29, 0.717) is 29.0 Å². The van der Waals surface area contributed by atoms with E-state index in [9.17, 15) is 13.2 Å². The van der Waals surface area contributed by atoms with Crippen LogP contribution >= 0.6 is 34.8 Å². The fourth-order valence-electron chi connectivity index (χ4n) is 3.22. The number of pyridine rings is 1. The normalized spacial score (nSPS) is 11.7. The number of fused-ring (bicyclic) bond motifs is 1. The lowest BCUT2D eigenvalue weighted by Crippen LogP contribution is -2.30. The predicted molar refractivity (Wildman–Crippen MR) is 132 cm³/mol. The van der Waals surface area contributed by atoms with Crippen molar-refractivity contribution in [2.45, 2.75) is 25.7 Å². The van der Waals surface area contributed by atoms with Gasteiger partial charge in [0, 0.05) is 24.2 Å². The molecule has 2 aromatic carbocycles. The van der Waals surface area contributed by atoms with Crippen molar-refractivity contribution in [3.05, 3.63) is 57.2 Å². The fraction of sp³-hybridized carbons (Fsp3) is 0.273. The van der Waals surface area contributed by atoms with E-state index < -0.39 is 22.5 Å². The highest BCUT2D eigenvalue weighted by molar-refractivity contribution is 7.89. The number of rotatable bonds is 8. The number of nitrogens with one attached hydrogen (secondary N) is 1. The molecule has 0 saturated carbocycles. The molecule has 0 aliphatic carbocycles. The van der Waals surface area contributed by atoms with E-state index in [0.717, 1.165) is 5.69 Å². The van der Waals surface area contributed by atoms with E-state index in [2.05, 4.69) is 10.3 Å². The van der Waals surface area contributed by atoms with Crippen LogP contribution in [0.25, 0.3) is 10.9 Å². The Morgan fingerprint density at radius 3 is 2.39 bits per heavy atom. The zero-order valence-corrected chi connectivity index (χ0v) is 21.2. The van der Waals surface area contributed by atoms with Gasteiger partial charge in [-0.2, -0.15) is 4.31 Å². The molecule has 0 saturated heterocycles. The zero-order valence-electron chi connectivity index (χ0n) is 18.2. The van der Waals surface area contributed by atoms with Gasteiger partial charge in [0.25, 0.3) is 5.91 Å². The lowest BCUT2D eigenvalue weighted by molar-refractivity contribution is -0.118. The number of anilines is 1. The number of carbonyl (C=O) groups excluding carboxylic acids is 1. The maximum Gasteiger partial charge on any atom is 0.262 e. The van der Waals surface area contributed by atoms with Gasteiger partial charge in [0.2, 0.25) is 10.0 Å². The van der Waals surface area contributed by atoms with E-state index >= 15 is 0 Å². The second kappa shape index (κ2) is 10.4. The number of sulfonamides is 1. The van der Waals surface area contributed by atoms with E-state index in [-0.39, 0.29) is 26.4 Å². The van der Waals surface area contributed by atoms with Gasteiger partial charge < -0.3 is 10.1 Å². The van der Waals surface area contributed by atoms with E-state index in [1.807, 2.05) is 6.92 Å². The first-order chi connectivity index (χ1) is 15.6. The minimum Gasteiger partial charge on any atom is -0.480 e. The van der Waals surface area contributed by atoms with Crippen LogP contribution in [-0.4, -0.2) is 43.3 Å². The molecule has 0 radical (unpaired) electrons. The molecule has 3 rings (SSSR count). The molecule has 7 nitrogen and oxygen atoms in total. The number of nitrogens with zero attached hydrogens (tertiary/aromatic N) is 2. The maximum absolute atomic E-state index is 12.8. The van der Waals surface area contributed by atoms with Crippen LogP contribution in [0.2, 0.25) is 15.1 Å². The second-order valence-corrected chi connectivity index (χ2v) is 10.2. The van der Waals surface area contributed by atoms with Crippen molar-refractivity contribution in [1.29, 1.82) is 0 Å². The number of benzene rings is 2. The second-order valence-electron chi connectivity index (χ2n) is 7.09. The molecule has 0 aliphatic heterocycles. The van der Waals surface area contributed by atoms with Gasteiger partial charge in [-0.25, -0.2) is 13.4 Å². The molecule has 0 spiro atoms. The Bertz CT molecular complexity index is 1310. The summed E-state index contributed by atoms with van der Waals surface area (Å²) in [6.45, 7) is 5.54. The van der Waals surface area contributed by atoms with Crippen molar-refractivity contribution < 1.29 is 17.9 Å². The molecule has 0 atom stereocenters. The molecule has 0 bridgehead atoms. The number of aryl methyl sites for hydroxylation is 1. The first-order valence-electron chi connectivity index (χ1n) is 10.1. The van der Waals surface area contributed by atoms with Crippen molar-refractivity contribution in [2.24, 2.45) is 0 Å². The lowest BCUT2D eigenvalue weighted by atomic mass is 10.2. The van der Waals surface area contributed by atoms with Crippen LogP contribution in [0.1, 0.15) is 19.5 Å². The van der Waals surface area contributed by atoms with Crippen molar-refractivity contribution in [1.82, 2.24) is 9.29 Å². The summed E-state index contributed by atoms with van der Waals surface area (Å²) in [5.74, 6) is -0.333. The standard InChI is InChI=1S/C22H22Cl3N3O4S/c1-4-28(5-2)33(30,31)14-7-9-16(23)19(10-14)27-20(29)12-32-22-18(25)11-17(24)15-8-6-13(3)26-21(15)22/h6-11H,4-5,12H2,1-3H3,(H,27,29). The summed E-state index contributed by atoms with van der Waals surface area (Å²) in [6.07, 6.45) is 0. The van der Waals surface area contributed by atoms with Crippen LogP contribution in [0.15, 0.2) is 41.3 Å². The van der Waals surface area contributed by atoms with Crippen LogP contribution in [0.5, 0.6) is 5.75 Å². The predicted octanol–water partition coefficient (Wildman–Crippen LogP) is 5.55. The number of ether oxygens (including phenoxy) is 1. The third-order valence-electron chi connectivity index (χ3n) is 4.88. The Kier molecular flexibility index (Phi) is 8.08. The Morgan fingerprint density at radius 1 is 1.03 bits per heavy atom. The molecule has 0 unspecified atom stereocenters. The fourth-order valence-corrected chi connectivity index (χ4v) is 5.44. The Labute approximate surface area is 207 Å². The highest BCUT2D eigenvalue weighted by atomic mass is 35.5. The highest BCUT2D eigenvalue weighted by Crippen LogP contribution is 2.37. The average Bonchev–Trinajstić information content (AvgIpc) is 2.75. The van der Waals surface area contributed by atoms with E-state index in [1.54, 1.807) is 26.0 Å². The van der Waals surface area contributed by atoms with Crippen LogP contribution < -0.4 is 10.1 Å². The van der Waals surface area contributed by atoms with E-state index in [4.69, 9.17) is 39.5 Å². The van der Waals surface area contributed by atoms with Crippen molar-refractivity contribution in [3.63, 3.8) is 0 Å². The highest BCUT2D eigenvalue weighted by Gasteiger charge is 2.23. The molecular weight excluding hydrogens is 509 g/mol. The smallest absolute Gasteiger partial charge is 0.262 e. The molecule has 1 amide bonds. The summed E-state index contributed by atoms with van der Waals surface area (Å²) in [7, 11) is -3.72. The first-order valence-corrected chi connectivity index (χ1v) is 12.6. The molecule has 3 aromatic rings. The maximum atomic E-state index is 12.8. The Morgan fingerprint density at radius 2 is 1.73 bits per heavy atom. The lowest BCUT2D eigenvalue weighted by Gasteiger charge is -2.19. The summed E-state index contributed by atoms with van der Waals surface area (Å²) >= 11 is 18.7. The quantitative estimate of drug-likeness (QED) is 0.412. The minimum atomic E-state index is -3.72. The van der Waals surface area contributed by atoms with Gasteiger partial charge in [-0.1, -0.05) is 48.7 Å². The van der Waals surface area contributed by atoms with Gasteiger partial charge >= 0.3 is 0 Å². The third kappa shape index (κ3) is 5.53. The van der Waals surface area contributed by atoms with Gasteiger partial charge in [-0.05, 0) is 43.3 Å². The summed E-state index contributed by atoms with van der Waals surface area (Å²) < 4.78 is 32.6. The Hall–Kier alpha value is -2.10. The molecule has 11 heteroatoms. The SMILES string of the molecule is CCN(CC)S(=O)(=O)c1ccc(Cl)c(NC(=O)COc2c(Cl)cc(Cl)c3ccc(C)nc23)c1. The van der Waals surface area contributed by atoms with Crippen LogP contribution in [0.4, 0.5) is 5.69 Å². The van der Waals surface area contributed by atoms with Crippen LogP contribution in [-0.2, 0) is 14.8 Å². The van der Waals surface area contributed by atoms with Gasteiger partial charge in [0.15, 0.2) is 12.4 Å². The van der Waals surface area contributed by atoms with Gasteiger partial charge in [-0.15, -0.1) is 0 Å². The number of amides is 1. The molecule has 1 N–H and O–H groups in total. The minimum absolute atomic E-state index is 0.0261. The largest absolute Gasteiger partial charge is 0.480 e. The topological polar surface area (TPSA) is 88.6 Å². The summed E-state index contributed by atoms with van der Waals surface area (Å²) in [6, 6.07) is 9.27. The monoisotopic (exact) mass is 529 g/mol. The average molecular weight is 531 g/mol. The number of aromatic nitrogens is 1. The van der Waals surface area contributed by atoms with Crippen molar-refractivity contribution >= 4 is 67.3 Å². The third-order valence-corrected chi connectivity index (χ3v) is 7.85. The number of halogens is 3. The molecule has 176 valence electrons. The van der Waals surface area contributed by atoms with Gasteiger partial charge in [-0.3, -0.25) is 4.79 Å².